The van der Waals surface area contributed by atoms with E-state index in [4.69, 9.17) is 4.74 Å². The predicted molar refractivity (Wildman–Crippen MR) is 67.1 cm³/mol. The summed E-state index contributed by atoms with van der Waals surface area (Å²) in [7, 11) is 0. The van der Waals surface area contributed by atoms with Crippen molar-refractivity contribution in [2.24, 2.45) is 0 Å². The third kappa shape index (κ3) is 3.70. The number of likely N-dealkylation sites (tertiary alicyclic amines) is 1. The average molecular weight is 254 g/mol. The van der Waals surface area contributed by atoms with E-state index in [2.05, 4.69) is 0 Å². The molecule has 0 N–H and O–H groups in total. The summed E-state index contributed by atoms with van der Waals surface area (Å²) in [6.45, 7) is 4.04. The van der Waals surface area contributed by atoms with Gasteiger partial charge in [-0.15, -0.1) is 0 Å². The fraction of sp³-hybridized carbons (Fsp3) is 0.846. The Hall–Kier alpha value is -1.10. The number of hydrogen-bond donors (Lipinski definition) is 0. The zero-order chi connectivity index (χ0) is 12.8. The number of amides is 2. The Labute approximate surface area is 108 Å². The largest absolute Gasteiger partial charge is 0.378 e. The lowest BCUT2D eigenvalue weighted by Crippen LogP contribution is -2.43. The van der Waals surface area contributed by atoms with Gasteiger partial charge in [0.2, 0.25) is 11.8 Å². The molecule has 0 aromatic rings. The number of hydrogen-bond acceptors (Lipinski definition) is 3. The van der Waals surface area contributed by atoms with Crippen molar-refractivity contribution in [1.82, 2.24) is 9.80 Å². The smallest absolute Gasteiger partial charge is 0.232 e. The lowest BCUT2D eigenvalue weighted by atomic mass is 10.2. The molecule has 2 aliphatic heterocycles. The van der Waals surface area contributed by atoms with Crippen LogP contribution in [0.4, 0.5) is 0 Å². The molecule has 2 amide bonds. The normalized spacial score (nSPS) is 21.6. The first kappa shape index (κ1) is 13.3. The molecular weight excluding hydrogens is 232 g/mol. The zero-order valence-corrected chi connectivity index (χ0v) is 10.9. The van der Waals surface area contributed by atoms with Gasteiger partial charge in [-0.1, -0.05) is 12.8 Å². The maximum Gasteiger partial charge on any atom is 0.232 e. The van der Waals surface area contributed by atoms with E-state index in [0.717, 1.165) is 25.9 Å². The van der Waals surface area contributed by atoms with Crippen molar-refractivity contribution < 1.29 is 14.3 Å². The zero-order valence-electron chi connectivity index (χ0n) is 10.9. The third-order valence-corrected chi connectivity index (χ3v) is 3.63. The summed E-state index contributed by atoms with van der Waals surface area (Å²) in [5.41, 5.74) is 0. The van der Waals surface area contributed by atoms with Gasteiger partial charge >= 0.3 is 0 Å². The molecule has 5 nitrogen and oxygen atoms in total. The van der Waals surface area contributed by atoms with Crippen molar-refractivity contribution in [3.05, 3.63) is 0 Å². The van der Waals surface area contributed by atoms with E-state index in [1.54, 1.807) is 4.90 Å². The van der Waals surface area contributed by atoms with E-state index in [1.165, 1.54) is 12.8 Å². The van der Waals surface area contributed by atoms with Gasteiger partial charge in [-0.2, -0.15) is 0 Å². The van der Waals surface area contributed by atoms with Gasteiger partial charge in [-0.25, -0.2) is 0 Å². The van der Waals surface area contributed by atoms with Crippen LogP contribution < -0.4 is 0 Å². The minimum Gasteiger partial charge on any atom is -0.378 e. The summed E-state index contributed by atoms with van der Waals surface area (Å²) in [6.07, 6.45) is 4.55. The molecule has 5 heteroatoms. The van der Waals surface area contributed by atoms with Crippen LogP contribution >= 0.6 is 0 Å². The highest BCUT2D eigenvalue weighted by molar-refractivity contribution is 5.96. The number of ether oxygens (including phenoxy) is 1. The minimum absolute atomic E-state index is 0.00612. The molecule has 0 aliphatic carbocycles. The maximum absolute atomic E-state index is 12.1. The predicted octanol–water partition coefficient (Wildman–Crippen LogP) is 0.638. The van der Waals surface area contributed by atoms with E-state index in [0.29, 0.717) is 26.3 Å². The maximum atomic E-state index is 12.1. The van der Waals surface area contributed by atoms with Crippen LogP contribution in [0.25, 0.3) is 0 Å². The highest BCUT2D eigenvalue weighted by atomic mass is 16.5. The lowest BCUT2D eigenvalue weighted by Gasteiger charge is -2.28. The van der Waals surface area contributed by atoms with Crippen molar-refractivity contribution in [2.75, 3.05) is 39.4 Å². The van der Waals surface area contributed by atoms with Crippen LogP contribution in [0, 0.1) is 0 Å². The summed E-state index contributed by atoms with van der Waals surface area (Å²) in [5.74, 6) is -0.0547. The molecule has 2 heterocycles. The summed E-state index contributed by atoms with van der Waals surface area (Å²) >= 11 is 0. The van der Waals surface area contributed by atoms with Gasteiger partial charge < -0.3 is 14.5 Å². The molecule has 2 rings (SSSR count). The Bertz CT molecular complexity index is 293. The van der Waals surface area contributed by atoms with E-state index in [1.807, 2.05) is 4.90 Å². The first-order chi connectivity index (χ1) is 8.77. The van der Waals surface area contributed by atoms with Crippen LogP contribution in [-0.4, -0.2) is 61.0 Å². The van der Waals surface area contributed by atoms with Gasteiger partial charge in [0.15, 0.2) is 0 Å². The molecule has 2 fully saturated rings. The molecule has 0 radical (unpaired) electrons. The first-order valence-electron chi connectivity index (χ1n) is 6.90. The van der Waals surface area contributed by atoms with Crippen LogP contribution in [0.2, 0.25) is 0 Å². The second-order valence-electron chi connectivity index (χ2n) is 4.96. The van der Waals surface area contributed by atoms with Gasteiger partial charge in [0, 0.05) is 26.2 Å². The topological polar surface area (TPSA) is 49.9 Å². The number of rotatable bonds is 2. The summed E-state index contributed by atoms with van der Waals surface area (Å²) in [5, 5.41) is 0. The lowest BCUT2D eigenvalue weighted by molar-refractivity contribution is -0.143. The number of carbonyl (C=O) groups excluding carboxylic acids is 2. The number of carbonyl (C=O) groups is 2. The fourth-order valence-corrected chi connectivity index (χ4v) is 2.49. The van der Waals surface area contributed by atoms with Gasteiger partial charge in [0.1, 0.15) is 6.42 Å². The molecule has 0 unspecified atom stereocenters. The second kappa shape index (κ2) is 6.73. The van der Waals surface area contributed by atoms with E-state index in [-0.39, 0.29) is 18.2 Å². The monoisotopic (exact) mass is 254 g/mol. The van der Waals surface area contributed by atoms with Gasteiger partial charge in [-0.05, 0) is 12.8 Å². The summed E-state index contributed by atoms with van der Waals surface area (Å²) in [6, 6.07) is 0. The van der Waals surface area contributed by atoms with Gasteiger partial charge in [-0.3, -0.25) is 9.59 Å². The van der Waals surface area contributed by atoms with Crippen molar-refractivity contribution >= 4 is 11.8 Å². The van der Waals surface area contributed by atoms with Crippen LogP contribution in [0.15, 0.2) is 0 Å². The molecule has 18 heavy (non-hydrogen) atoms. The summed E-state index contributed by atoms with van der Waals surface area (Å²) < 4.78 is 5.20. The van der Waals surface area contributed by atoms with E-state index in [9.17, 15) is 9.59 Å². The van der Waals surface area contributed by atoms with Crippen molar-refractivity contribution in [3.8, 4) is 0 Å². The first-order valence-corrected chi connectivity index (χ1v) is 6.90. The second-order valence-corrected chi connectivity index (χ2v) is 4.96. The Kier molecular flexibility index (Phi) is 4.99. The molecule has 2 saturated heterocycles. The standard InChI is InChI=1S/C13H22N2O3/c16-12(14-5-3-1-2-4-6-14)11-13(17)15-7-9-18-10-8-15/h1-11H2. The molecule has 0 aromatic carbocycles. The molecule has 0 saturated carbocycles. The van der Waals surface area contributed by atoms with Gasteiger partial charge in [0.25, 0.3) is 0 Å². The Morgan fingerprint density at radius 3 is 1.83 bits per heavy atom. The fourth-order valence-electron chi connectivity index (χ4n) is 2.49. The Balaban J connectivity index is 1.79. The van der Waals surface area contributed by atoms with Crippen LogP contribution in [0.5, 0.6) is 0 Å². The number of nitrogens with zero attached hydrogens (tertiary/aromatic N) is 2. The van der Waals surface area contributed by atoms with E-state index >= 15 is 0 Å². The molecule has 2 aliphatic rings. The summed E-state index contributed by atoms with van der Waals surface area (Å²) in [4.78, 5) is 27.6. The minimum atomic E-state index is -0.0486. The Morgan fingerprint density at radius 2 is 1.28 bits per heavy atom. The molecule has 102 valence electrons. The molecular formula is C13H22N2O3. The average Bonchev–Trinajstić information content (AvgIpc) is 2.68. The molecule has 0 bridgehead atoms. The molecule has 0 spiro atoms. The molecule has 0 atom stereocenters. The SMILES string of the molecule is O=C(CC(=O)N1CCOCC1)N1CCCCCC1. The van der Waals surface area contributed by atoms with Crippen molar-refractivity contribution in [2.45, 2.75) is 32.1 Å². The highest BCUT2D eigenvalue weighted by Crippen LogP contribution is 2.11. The van der Waals surface area contributed by atoms with Crippen molar-refractivity contribution in [1.29, 1.82) is 0 Å². The highest BCUT2D eigenvalue weighted by Gasteiger charge is 2.23. The van der Waals surface area contributed by atoms with E-state index < -0.39 is 0 Å². The van der Waals surface area contributed by atoms with Gasteiger partial charge in [0.05, 0.1) is 13.2 Å². The molecule has 0 aromatic heterocycles. The number of morpholine rings is 1. The van der Waals surface area contributed by atoms with Crippen molar-refractivity contribution in [3.63, 3.8) is 0 Å². The quantitative estimate of drug-likeness (QED) is 0.679. The Morgan fingerprint density at radius 1 is 0.778 bits per heavy atom. The van der Waals surface area contributed by atoms with Crippen LogP contribution in [0.1, 0.15) is 32.1 Å². The van der Waals surface area contributed by atoms with Crippen LogP contribution in [0.3, 0.4) is 0 Å². The van der Waals surface area contributed by atoms with Crippen LogP contribution in [-0.2, 0) is 14.3 Å². The third-order valence-electron chi connectivity index (χ3n) is 3.63.